The molecular weight excluding hydrogens is 515 g/mol. The van der Waals surface area contributed by atoms with E-state index in [0.29, 0.717) is 6.54 Å². The molecule has 0 radical (unpaired) electrons. The predicted molar refractivity (Wildman–Crippen MR) is 143 cm³/mol. The maximum Gasteiger partial charge on any atom is 0.417 e. The van der Waals surface area contributed by atoms with Crippen molar-refractivity contribution in [3.05, 3.63) is 29.3 Å². The quantitative estimate of drug-likeness (QED) is 0.363. The van der Waals surface area contributed by atoms with Crippen molar-refractivity contribution in [1.29, 1.82) is 5.26 Å². The number of anilines is 1. The predicted octanol–water partition coefficient (Wildman–Crippen LogP) is 4.65. The van der Waals surface area contributed by atoms with E-state index in [0.717, 1.165) is 69.0 Å². The van der Waals surface area contributed by atoms with E-state index in [4.69, 9.17) is 17.5 Å². The molecule has 0 saturated carbocycles. The lowest BCUT2D eigenvalue weighted by Gasteiger charge is -2.37. The van der Waals surface area contributed by atoms with Gasteiger partial charge in [0.2, 0.25) is 5.91 Å². The van der Waals surface area contributed by atoms with Crippen LogP contribution in [0.25, 0.3) is 0 Å². The van der Waals surface area contributed by atoms with Crippen LogP contribution in [0.4, 0.5) is 18.9 Å². The number of nitriles is 1. The number of unbranched alkanes of at least 4 members (excludes halogenated alkanes) is 2. The lowest BCUT2D eigenvalue weighted by Crippen LogP contribution is -2.51. The first-order valence-corrected chi connectivity index (χ1v) is 13.3. The Morgan fingerprint density at radius 2 is 1.66 bits per heavy atom. The van der Waals surface area contributed by atoms with E-state index in [9.17, 15) is 22.8 Å². The van der Waals surface area contributed by atoms with Crippen LogP contribution in [-0.2, 0) is 15.8 Å². The van der Waals surface area contributed by atoms with Crippen LogP contribution in [0.3, 0.4) is 0 Å². The molecule has 11 heteroatoms. The Morgan fingerprint density at radius 3 is 2.21 bits per heavy atom. The van der Waals surface area contributed by atoms with E-state index < -0.39 is 28.7 Å². The molecule has 0 spiro atoms. The van der Waals surface area contributed by atoms with Gasteiger partial charge < -0.3 is 9.80 Å². The molecule has 2 saturated heterocycles. The molecule has 2 heterocycles. The van der Waals surface area contributed by atoms with Crippen molar-refractivity contribution in [1.82, 2.24) is 14.7 Å². The van der Waals surface area contributed by atoms with Gasteiger partial charge in [-0.2, -0.15) is 18.4 Å². The third kappa shape index (κ3) is 6.29. The van der Waals surface area contributed by atoms with Crippen molar-refractivity contribution in [3.8, 4) is 6.07 Å². The van der Waals surface area contributed by atoms with E-state index in [1.165, 1.54) is 6.07 Å². The highest BCUT2D eigenvalue weighted by atomic mass is 32.1. The van der Waals surface area contributed by atoms with Crippen LogP contribution in [0.1, 0.15) is 65.0 Å². The van der Waals surface area contributed by atoms with Gasteiger partial charge in [0.1, 0.15) is 5.54 Å². The molecule has 0 aromatic heterocycles. The number of hydrogen-bond donors (Lipinski definition) is 0. The standard InChI is InChI=1S/C27H36F3N5O2S/c1-25(2,3)22(36)33-15-13-32(14-16-33)11-7-6-8-12-34-24(38)35(23(37)26(34,4)5)20-10-9-19(18-31)21(17-20)27(28,29)30/h9-10,17H,6-8,11-16H2,1-5H3. The second kappa shape index (κ2) is 11.2. The summed E-state index contributed by atoms with van der Waals surface area (Å²) in [4.78, 5) is 32.9. The molecule has 1 aromatic rings. The minimum Gasteiger partial charge on any atom is -0.340 e. The Balaban J connectivity index is 1.54. The van der Waals surface area contributed by atoms with E-state index in [-0.39, 0.29) is 22.1 Å². The first-order chi connectivity index (χ1) is 17.6. The Labute approximate surface area is 228 Å². The molecule has 1 aromatic carbocycles. The monoisotopic (exact) mass is 551 g/mol. The Morgan fingerprint density at radius 1 is 1.05 bits per heavy atom. The van der Waals surface area contributed by atoms with Crippen molar-refractivity contribution >= 4 is 34.8 Å². The van der Waals surface area contributed by atoms with Crippen LogP contribution < -0.4 is 4.90 Å². The van der Waals surface area contributed by atoms with Gasteiger partial charge >= 0.3 is 6.18 Å². The summed E-state index contributed by atoms with van der Waals surface area (Å²) < 4.78 is 40.4. The van der Waals surface area contributed by atoms with Gasteiger partial charge in [0.25, 0.3) is 5.91 Å². The molecule has 7 nitrogen and oxygen atoms in total. The zero-order valence-corrected chi connectivity index (χ0v) is 23.5. The zero-order valence-electron chi connectivity index (χ0n) is 22.7. The second-order valence-corrected chi connectivity index (χ2v) is 11.8. The summed E-state index contributed by atoms with van der Waals surface area (Å²) >= 11 is 5.55. The summed E-state index contributed by atoms with van der Waals surface area (Å²) in [5, 5.41) is 9.23. The Kier molecular flexibility index (Phi) is 8.78. The van der Waals surface area contributed by atoms with Crippen LogP contribution in [0.5, 0.6) is 0 Å². The van der Waals surface area contributed by atoms with Gasteiger partial charge in [-0.25, -0.2) is 0 Å². The average Bonchev–Trinajstić information content (AvgIpc) is 3.01. The van der Waals surface area contributed by atoms with Gasteiger partial charge in [-0.05, 0) is 63.7 Å². The maximum absolute atomic E-state index is 13.5. The van der Waals surface area contributed by atoms with Gasteiger partial charge in [0.05, 0.1) is 22.9 Å². The topological polar surface area (TPSA) is 70.9 Å². The zero-order chi connectivity index (χ0) is 28.5. The molecular formula is C27H36F3N5O2S. The molecule has 0 unspecified atom stereocenters. The molecule has 2 fully saturated rings. The number of carbonyl (C=O) groups is 2. The van der Waals surface area contributed by atoms with E-state index in [1.807, 2.05) is 25.7 Å². The molecule has 3 rings (SSSR count). The summed E-state index contributed by atoms with van der Waals surface area (Å²) in [7, 11) is 0. The van der Waals surface area contributed by atoms with Crippen LogP contribution in [0, 0.1) is 16.7 Å². The van der Waals surface area contributed by atoms with Gasteiger partial charge in [-0.15, -0.1) is 0 Å². The highest BCUT2D eigenvalue weighted by Crippen LogP contribution is 2.38. The van der Waals surface area contributed by atoms with E-state index >= 15 is 0 Å². The van der Waals surface area contributed by atoms with Crippen LogP contribution >= 0.6 is 12.2 Å². The lowest BCUT2D eigenvalue weighted by atomic mass is 9.94. The SMILES string of the molecule is CC(C)(C)C(=O)N1CCN(CCCCCN2C(=S)N(c3ccc(C#N)c(C(F)(F)F)c3)C(=O)C2(C)C)CC1. The summed E-state index contributed by atoms with van der Waals surface area (Å²) in [5.41, 5.74) is -2.96. The van der Waals surface area contributed by atoms with Gasteiger partial charge in [-0.1, -0.05) is 27.2 Å². The number of rotatable bonds is 7. The van der Waals surface area contributed by atoms with Crippen LogP contribution in [0.2, 0.25) is 0 Å². The van der Waals surface area contributed by atoms with Crippen molar-refractivity contribution in [2.24, 2.45) is 5.41 Å². The fourth-order valence-corrected chi connectivity index (χ4v) is 5.38. The fourth-order valence-electron chi connectivity index (χ4n) is 4.87. The largest absolute Gasteiger partial charge is 0.417 e. The van der Waals surface area contributed by atoms with Crippen molar-refractivity contribution in [2.45, 2.75) is 65.6 Å². The summed E-state index contributed by atoms with van der Waals surface area (Å²) in [6.07, 6.45) is -2.10. The minimum atomic E-state index is -4.73. The number of piperazine rings is 1. The molecule has 2 amide bonds. The minimum absolute atomic E-state index is 0.00554. The van der Waals surface area contributed by atoms with Crippen LogP contribution in [-0.4, -0.2) is 76.4 Å². The van der Waals surface area contributed by atoms with Crippen molar-refractivity contribution in [2.75, 3.05) is 44.2 Å². The highest BCUT2D eigenvalue weighted by Gasteiger charge is 2.49. The molecule has 2 aliphatic rings. The first kappa shape index (κ1) is 29.8. The molecule has 38 heavy (non-hydrogen) atoms. The average molecular weight is 552 g/mol. The smallest absolute Gasteiger partial charge is 0.340 e. The number of thiocarbonyl (C=S) groups is 1. The van der Waals surface area contributed by atoms with E-state index in [2.05, 4.69) is 4.90 Å². The van der Waals surface area contributed by atoms with Gasteiger partial charge in [-0.3, -0.25) is 19.4 Å². The molecule has 0 atom stereocenters. The number of hydrogen-bond acceptors (Lipinski definition) is 5. The van der Waals surface area contributed by atoms with Crippen molar-refractivity contribution in [3.63, 3.8) is 0 Å². The van der Waals surface area contributed by atoms with Crippen molar-refractivity contribution < 1.29 is 22.8 Å². The second-order valence-electron chi connectivity index (χ2n) is 11.4. The molecule has 0 bridgehead atoms. The third-order valence-electron chi connectivity index (χ3n) is 7.17. The number of benzene rings is 1. The maximum atomic E-state index is 13.5. The highest BCUT2D eigenvalue weighted by molar-refractivity contribution is 7.80. The summed E-state index contributed by atoms with van der Waals surface area (Å²) in [5.74, 6) is -0.219. The third-order valence-corrected chi connectivity index (χ3v) is 7.57. The number of alkyl halides is 3. The number of nitrogens with zero attached hydrogens (tertiary/aromatic N) is 5. The van der Waals surface area contributed by atoms with Gasteiger partial charge in [0.15, 0.2) is 5.11 Å². The normalized spacial score (nSPS) is 18.8. The summed E-state index contributed by atoms with van der Waals surface area (Å²) in [6, 6.07) is 4.77. The molecule has 208 valence electrons. The van der Waals surface area contributed by atoms with Gasteiger partial charge in [0, 0.05) is 38.1 Å². The Bertz CT molecular complexity index is 1120. The Hall–Kier alpha value is -2.71. The first-order valence-electron chi connectivity index (χ1n) is 12.9. The fraction of sp³-hybridized carbons (Fsp3) is 0.630. The lowest BCUT2D eigenvalue weighted by molar-refractivity contribution is -0.141. The number of carbonyl (C=O) groups excluding carboxylic acids is 2. The van der Waals surface area contributed by atoms with Crippen LogP contribution in [0.15, 0.2) is 18.2 Å². The molecule has 0 N–H and O–H groups in total. The summed E-state index contributed by atoms with van der Waals surface area (Å²) in [6.45, 7) is 13.8. The van der Waals surface area contributed by atoms with E-state index in [1.54, 1.807) is 24.8 Å². The molecule has 0 aliphatic carbocycles. The number of amides is 2. The molecule has 2 aliphatic heterocycles. The number of halogens is 3.